The lowest BCUT2D eigenvalue weighted by atomic mass is 10.0. The molecule has 2 aromatic rings. The van der Waals surface area contributed by atoms with Crippen LogP contribution in [0.4, 0.5) is 10.1 Å². The lowest BCUT2D eigenvalue weighted by Crippen LogP contribution is -2.50. The Labute approximate surface area is 180 Å². The van der Waals surface area contributed by atoms with Crippen molar-refractivity contribution in [1.29, 1.82) is 0 Å². The largest absolute Gasteiger partial charge is 0.371 e. The van der Waals surface area contributed by atoms with Gasteiger partial charge in [0.1, 0.15) is 5.82 Å². The van der Waals surface area contributed by atoms with Crippen molar-refractivity contribution in [2.45, 2.75) is 38.4 Å². The Morgan fingerprint density at radius 2 is 1.90 bits per heavy atom. The topological polar surface area (TPSA) is 42.9 Å². The van der Waals surface area contributed by atoms with E-state index in [1.54, 1.807) is 12.1 Å². The number of halogens is 1. The van der Waals surface area contributed by atoms with Gasteiger partial charge < -0.3 is 15.5 Å². The standard InChI is InChI=1S/C24H34FN5/c1-19(29(3)18-20-8-5-4-6-9-20)17-27-24(26-2)28-22-12-14-30(15-13-22)23-11-7-10-21(25)16-23/h4-11,16,19,22H,12-15,17-18H2,1-3H3,(H2,26,27,28). The molecule has 0 saturated carbocycles. The molecule has 2 N–H and O–H groups in total. The van der Waals surface area contributed by atoms with Gasteiger partial charge in [0.25, 0.3) is 0 Å². The fraction of sp³-hybridized carbons (Fsp3) is 0.458. The van der Waals surface area contributed by atoms with E-state index in [9.17, 15) is 4.39 Å². The van der Waals surface area contributed by atoms with E-state index in [-0.39, 0.29) is 5.82 Å². The van der Waals surface area contributed by atoms with Gasteiger partial charge in [-0.2, -0.15) is 0 Å². The van der Waals surface area contributed by atoms with Gasteiger partial charge in [0.05, 0.1) is 0 Å². The van der Waals surface area contributed by atoms with Gasteiger partial charge >= 0.3 is 0 Å². The molecule has 1 atom stereocenters. The van der Waals surface area contributed by atoms with Crippen molar-refractivity contribution in [3.8, 4) is 0 Å². The van der Waals surface area contributed by atoms with E-state index in [1.807, 2.05) is 19.2 Å². The van der Waals surface area contributed by atoms with Gasteiger partial charge in [-0.3, -0.25) is 9.89 Å². The van der Waals surface area contributed by atoms with Crippen molar-refractivity contribution in [3.63, 3.8) is 0 Å². The summed E-state index contributed by atoms with van der Waals surface area (Å²) in [6.07, 6.45) is 2.00. The smallest absolute Gasteiger partial charge is 0.191 e. The summed E-state index contributed by atoms with van der Waals surface area (Å²) in [7, 11) is 3.97. The first-order valence-electron chi connectivity index (χ1n) is 10.8. The van der Waals surface area contributed by atoms with Crippen LogP contribution in [0.15, 0.2) is 59.6 Å². The molecular weight excluding hydrogens is 377 g/mol. The summed E-state index contributed by atoms with van der Waals surface area (Å²) in [4.78, 5) is 8.99. The number of nitrogens with zero attached hydrogens (tertiary/aromatic N) is 3. The zero-order chi connectivity index (χ0) is 21.3. The number of aliphatic imine (C=N–C) groups is 1. The molecule has 2 aromatic carbocycles. The van der Waals surface area contributed by atoms with Crippen LogP contribution in [0.3, 0.4) is 0 Å². The number of piperidine rings is 1. The van der Waals surface area contributed by atoms with Crippen LogP contribution in [0.2, 0.25) is 0 Å². The highest BCUT2D eigenvalue weighted by molar-refractivity contribution is 5.80. The number of hydrogen-bond donors (Lipinski definition) is 2. The molecule has 1 saturated heterocycles. The minimum Gasteiger partial charge on any atom is -0.371 e. The molecule has 3 rings (SSSR count). The van der Waals surface area contributed by atoms with Crippen LogP contribution in [0.1, 0.15) is 25.3 Å². The molecule has 0 aromatic heterocycles. The minimum absolute atomic E-state index is 0.177. The third kappa shape index (κ3) is 6.46. The van der Waals surface area contributed by atoms with Gasteiger partial charge in [0.15, 0.2) is 5.96 Å². The van der Waals surface area contributed by atoms with Gasteiger partial charge in [-0.15, -0.1) is 0 Å². The van der Waals surface area contributed by atoms with Crippen molar-refractivity contribution in [1.82, 2.24) is 15.5 Å². The van der Waals surface area contributed by atoms with Crippen LogP contribution >= 0.6 is 0 Å². The summed E-state index contributed by atoms with van der Waals surface area (Å²) >= 11 is 0. The molecule has 0 amide bonds. The Bertz CT molecular complexity index is 802. The molecule has 1 unspecified atom stereocenters. The third-order valence-electron chi connectivity index (χ3n) is 5.82. The first kappa shape index (κ1) is 22.1. The molecule has 30 heavy (non-hydrogen) atoms. The second-order valence-electron chi connectivity index (χ2n) is 8.09. The first-order chi connectivity index (χ1) is 14.5. The zero-order valence-electron chi connectivity index (χ0n) is 18.3. The molecule has 0 radical (unpaired) electrons. The highest BCUT2D eigenvalue weighted by Crippen LogP contribution is 2.20. The number of guanidine groups is 1. The summed E-state index contributed by atoms with van der Waals surface area (Å²) < 4.78 is 13.5. The lowest BCUT2D eigenvalue weighted by Gasteiger charge is -2.35. The maximum absolute atomic E-state index is 13.5. The van der Waals surface area contributed by atoms with E-state index >= 15 is 0 Å². The van der Waals surface area contributed by atoms with E-state index in [1.165, 1.54) is 11.6 Å². The van der Waals surface area contributed by atoms with Gasteiger partial charge in [-0.25, -0.2) is 4.39 Å². The van der Waals surface area contributed by atoms with E-state index in [2.05, 4.69) is 63.7 Å². The summed E-state index contributed by atoms with van der Waals surface area (Å²) in [5, 5.41) is 7.02. The average molecular weight is 412 g/mol. The van der Waals surface area contributed by atoms with Crippen molar-refractivity contribution >= 4 is 11.6 Å². The number of likely N-dealkylation sites (N-methyl/N-ethyl adjacent to an activating group) is 1. The fourth-order valence-corrected chi connectivity index (χ4v) is 3.77. The van der Waals surface area contributed by atoms with Crippen LogP contribution in [-0.4, -0.2) is 56.7 Å². The molecule has 0 aliphatic carbocycles. The maximum atomic E-state index is 13.5. The van der Waals surface area contributed by atoms with Crippen LogP contribution in [-0.2, 0) is 6.54 Å². The molecular formula is C24H34FN5. The number of hydrogen-bond acceptors (Lipinski definition) is 3. The zero-order valence-corrected chi connectivity index (χ0v) is 18.3. The summed E-state index contributed by atoms with van der Waals surface area (Å²) in [5.41, 5.74) is 2.28. The molecule has 162 valence electrons. The van der Waals surface area contributed by atoms with Crippen molar-refractivity contribution in [2.24, 2.45) is 4.99 Å². The minimum atomic E-state index is -0.177. The van der Waals surface area contributed by atoms with Crippen molar-refractivity contribution in [3.05, 3.63) is 66.0 Å². The number of benzene rings is 2. The predicted molar refractivity (Wildman–Crippen MR) is 124 cm³/mol. The number of anilines is 1. The second-order valence-corrected chi connectivity index (χ2v) is 8.09. The third-order valence-corrected chi connectivity index (χ3v) is 5.82. The Morgan fingerprint density at radius 1 is 1.17 bits per heavy atom. The van der Waals surface area contributed by atoms with E-state index in [4.69, 9.17) is 0 Å². The molecule has 1 aliphatic rings. The normalized spacial score (nSPS) is 16.6. The molecule has 5 nitrogen and oxygen atoms in total. The molecule has 1 heterocycles. The Hall–Kier alpha value is -2.60. The fourth-order valence-electron chi connectivity index (χ4n) is 3.77. The van der Waals surface area contributed by atoms with Crippen LogP contribution in [0.25, 0.3) is 0 Å². The van der Waals surface area contributed by atoms with Gasteiger partial charge in [-0.05, 0) is 50.6 Å². The monoisotopic (exact) mass is 411 g/mol. The molecule has 1 aliphatic heterocycles. The SMILES string of the molecule is CN=C(NCC(C)N(C)Cc1ccccc1)NC1CCN(c2cccc(F)c2)CC1. The highest BCUT2D eigenvalue weighted by Gasteiger charge is 2.21. The van der Waals surface area contributed by atoms with Gasteiger partial charge in [0, 0.05) is 51.0 Å². The van der Waals surface area contributed by atoms with Crippen LogP contribution in [0, 0.1) is 5.82 Å². The number of nitrogens with one attached hydrogen (secondary N) is 2. The first-order valence-corrected chi connectivity index (χ1v) is 10.8. The van der Waals surface area contributed by atoms with Crippen molar-refractivity contribution in [2.75, 3.05) is 38.6 Å². The van der Waals surface area contributed by atoms with Crippen LogP contribution in [0.5, 0.6) is 0 Å². The quantitative estimate of drug-likeness (QED) is 0.541. The van der Waals surface area contributed by atoms with Crippen molar-refractivity contribution < 1.29 is 4.39 Å². The lowest BCUT2D eigenvalue weighted by molar-refractivity contribution is 0.249. The number of rotatable bonds is 7. The molecule has 6 heteroatoms. The molecule has 0 bridgehead atoms. The second kappa shape index (κ2) is 11.0. The van der Waals surface area contributed by atoms with Gasteiger partial charge in [-0.1, -0.05) is 36.4 Å². The Balaban J connectivity index is 1.41. The van der Waals surface area contributed by atoms with E-state index in [0.717, 1.165) is 50.7 Å². The highest BCUT2D eigenvalue weighted by atomic mass is 19.1. The molecule has 0 spiro atoms. The van der Waals surface area contributed by atoms with Crippen LogP contribution < -0.4 is 15.5 Å². The van der Waals surface area contributed by atoms with Gasteiger partial charge in [0.2, 0.25) is 0 Å². The predicted octanol–water partition coefficient (Wildman–Crippen LogP) is 3.48. The molecule has 1 fully saturated rings. The Morgan fingerprint density at radius 3 is 2.57 bits per heavy atom. The Kier molecular flexibility index (Phi) is 8.08. The van der Waals surface area contributed by atoms with E-state index < -0.39 is 0 Å². The van der Waals surface area contributed by atoms with E-state index in [0.29, 0.717) is 12.1 Å². The maximum Gasteiger partial charge on any atom is 0.191 e. The average Bonchev–Trinajstić information content (AvgIpc) is 2.77. The summed E-state index contributed by atoms with van der Waals surface area (Å²) in [5.74, 6) is 0.669. The summed E-state index contributed by atoms with van der Waals surface area (Å²) in [6.45, 7) is 5.79. The summed E-state index contributed by atoms with van der Waals surface area (Å²) in [6, 6.07) is 18.1.